The summed E-state index contributed by atoms with van der Waals surface area (Å²) < 4.78 is 40.8. The molecule has 11 heteroatoms. The Kier molecular flexibility index (Phi) is 10.4. The molecule has 0 saturated heterocycles. The Bertz CT molecular complexity index is 1420. The Morgan fingerprint density at radius 1 is 0.974 bits per heavy atom. The third kappa shape index (κ3) is 8.42. The van der Waals surface area contributed by atoms with E-state index in [1.165, 1.54) is 29.2 Å². The van der Waals surface area contributed by atoms with E-state index >= 15 is 0 Å². The molecule has 1 atom stereocenters. The predicted octanol–water partition coefficient (Wildman–Crippen LogP) is 5.06. The summed E-state index contributed by atoms with van der Waals surface area (Å²) in [6.45, 7) is 2.74. The van der Waals surface area contributed by atoms with Gasteiger partial charge in [0.05, 0.1) is 11.9 Å². The topological polar surface area (TPSA) is 86.8 Å². The van der Waals surface area contributed by atoms with Crippen molar-refractivity contribution in [3.63, 3.8) is 0 Å². The number of hydrogen-bond acceptors (Lipinski definition) is 4. The molecule has 39 heavy (non-hydrogen) atoms. The maximum Gasteiger partial charge on any atom is 0.244 e. The largest absolute Gasteiger partial charge is 0.352 e. The van der Waals surface area contributed by atoms with Crippen LogP contribution in [-0.2, 0) is 32.6 Å². The zero-order valence-corrected chi connectivity index (χ0v) is 24.1. The second-order valence-corrected chi connectivity index (χ2v) is 12.1. The molecule has 1 N–H and O–H groups in total. The molecule has 0 unspecified atom stereocenters. The number of halogens is 3. The Hall–Kier alpha value is -3.14. The molecule has 208 valence electrons. The van der Waals surface area contributed by atoms with Crippen molar-refractivity contribution in [2.45, 2.75) is 38.9 Å². The third-order valence-electron chi connectivity index (χ3n) is 5.86. The van der Waals surface area contributed by atoms with Crippen LogP contribution in [0.2, 0.25) is 10.0 Å². The van der Waals surface area contributed by atoms with E-state index < -0.39 is 40.2 Å². The van der Waals surface area contributed by atoms with Gasteiger partial charge in [0.15, 0.2) is 0 Å². The number of rotatable bonds is 11. The van der Waals surface area contributed by atoms with Gasteiger partial charge in [0.2, 0.25) is 21.8 Å². The molecule has 0 aromatic heterocycles. The molecule has 0 aliphatic carbocycles. The van der Waals surface area contributed by atoms with E-state index in [4.69, 9.17) is 23.2 Å². The first-order chi connectivity index (χ1) is 18.4. The molecule has 3 aromatic rings. The molecule has 0 radical (unpaired) electrons. The molecule has 0 fully saturated rings. The first-order valence-corrected chi connectivity index (χ1v) is 14.8. The lowest BCUT2D eigenvalue weighted by Gasteiger charge is -2.34. The Morgan fingerprint density at radius 3 is 2.21 bits per heavy atom. The average Bonchev–Trinajstić information content (AvgIpc) is 2.85. The lowest BCUT2D eigenvalue weighted by molar-refractivity contribution is -0.140. The fourth-order valence-electron chi connectivity index (χ4n) is 4.02. The number of hydrogen-bond donors (Lipinski definition) is 1. The summed E-state index contributed by atoms with van der Waals surface area (Å²) >= 11 is 12.5. The van der Waals surface area contributed by atoms with Crippen molar-refractivity contribution in [2.24, 2.45) is 0 Å². The van der Waals surface area contributed by atoms with Crippen molar-refractivity contribution >= 4 is 50.7 Å². The second-order valence-electron chi connectivity index (χ2n) is 9.35. The zero-order chi connectivity index (χ0) is 28.7. The maximum atomic E-state index is 14.7. The summed E-state index contributed by atoms with van der Waals surface area (Å²) in [7, 11) is -4.08. The number of amides is 2. The van der Waals surface area contributed by atoms with Gasteiger partial charge in [-0.05, 0) is 49.2 Å². The van der Waals surface area contributed by atoms with E-state index in [1.54, 1.807) is 26.0 Å². The third-order valence-corrected chi connectivity index (χ3v) is 7.57. The van der Waals surface area contributed by atoms with Gasteiger partial charge in [-0.1, -0.05) is 71.7 Å². The molecule has 0 aliphatic rings. The van der Waals surface area contributed by atoms with Crippen LogP contribution >= 0.6 is 23.2 Å². The summed E-state index contributed by atoms with van der Waals surface area (Å²) in [5, 5.41) is 3.52. The van der Waals surface area contributed by atoms with Crippen LogP contribution in [0.5, 0.6) is 0 Å². The highest BCUT2D eigenvalue weighted by Crippen LogP contribution is 2.26. The normalized spacial score (nSPS) is 12.2. The van der Waals surface area contributed by atoms with Gasteiger partial charge in [-0.3, -0.25) is 13.9 Å². The molecule has 0 saturated carbocycles. The van der Waals surface area contributed by atoms with E-state index in [2.05, 4.69) is 5.32 Å². The monoisotopic (exact) mass is 593 g/mol. The van der Waals surface area contributed by atoms with Crippen LogP contribution in [0.25, 0.3) is 0 Å². The Labute approximate surface area is 238 Å². The lowest BCUT2D eigenvalue weighted by atomic mass is 10.0. The van der Waals surface area contributed by atoms with Gasteiger partial charge in [0, 0.05) is 29.1 Å². The van der Waals surface area contributed by atoms with Crippen LogP contribution in [-0.4, -0.2) is 50.0 Å². The molecule has 0 bridgehead atoms. The fraction of sp³-hybridized carbons (Fsp3) is 0.286. The molecule has 3 aromatic carbocycles. The molecule has 0 heterocycles. The molecule has 0 spiro atoms. The van der Waals surface area contributed by atoms with Crippen molar-refractivity contribution in [1.82, 2.24) is 10.2 Å². The van der Waals surface area contributed by atoms with Crippen LogP contribution in [0.4, 0.5) is 10.1 Å². The van der Waals surface area contributed by atoms with Crippen molar-refractivity contribution in [3.8, 4) is 0 Å². The Balaban J connectivity index is 2.09. The van der Waals surface area contributed by atoms with E-state index in [0.29, 0.717) is 14.9 Å². The number of benzene rings is 3. The van der Waals surface area contributed by atoms with Crippen LogP contribution in [0.15, 0.2) is 72.8 Å². The highest BCUT2D eigenvalue weighted by atomic mass is 35.5. The smallest absolute Gasteiger partial charge is 0.244 e. The van der Waals surface area contributed by atoms with Crippen molar-refractivity contribution in [2.75, 3.05) is 17.1 Å². The van der Waals surface area contributed by atoms with Gasteiger partial charge in [-0.2, -0.15) is 0 Å². The number of carbonyl (C=O) groups excluding carboxylic acids is 2. The van der Waals surface area contributed by atoms with E-state index in [-0.39, 0.29) is 29.7 Å². The highest BCUT2D eigenvalue weighted by Gasteiger charge is 2.34. The van der Waals surface area contributed by atoms with Crippen LogP contribution in [0, 0.1) is 5.82 Å². The van der Waals surface area contributed by atoms with Crippen LogP contribution < -0.4 is 9.62 Å². The van der Waals surface area contributed by atoms with Gasteiger partial charge in [0.1, 0.15) is 18.4 Å². The van der Waals surface area contributed by atoms with Crippen LogP contribution in [0.3, 0.4) is 0 Å². The number of sulfonamides is 1. The first kappa shape index (κ1) is 30.4. The number of para-hydroxylation sites is 1. The summed E-state index contributed by atoms with van der Waals surface area (Å²) in [6, 6.07) is 17.9. The minimum absolute atomic E-state index is 0.118. The standard InChI is InChI=1S/C28H30Cl2FN3O4S/c1-19(2)32-28(36)26(15-20-9-5-4-6-10-20)33(17-21-13-14-22(29)16-23(21)30)27(35)18-34(39(3,37)38)25-12-8-7-11-24(25)31/h4-14,16,19,26H,15,17-18H2,1-3H3,(H,32,36)/t26-/m1/s1. The quantitative estimate of drug-likeness (QED) is 0.336. The summed E-state index contributed by atoms with van der Waals surface area (Å²) in [6.07, 6.45) is 1.04. The lowest BCUT2D eigenvalue weighted by Crippen LogP contribution is -2.54. The first-order valence-electron chi connectivity index (χ1n) is 12.2. The molecule has 3 rings (SSSR count). The number of anilines is 1. The van der Waals surface area contributed by atoms with E-state index in [0.717, 1.165) is 17.9 Å². The number of nitrogens with one attached hydrogen (secondary N) is 1. The predicted molar refractivity (Wildman–Crippen MR) is 153 cm³/mol. The fourth-order valence-corrected chi connectivity index (χ4v) is 5.34. The van der Waals surface area contributed by atoms with E-state index in [9.17, 15) is 22.4 Å². The molecular weight excluding hydrogens is 564 g/mol. The molecule has 7 nitrogen and oxygen atoms in total. The maximum absolute atomic E-state index is 14.7. The van der Waals surface area contributed by atoms with Crippen molar-refractivity contribution < 1.29 is 22.4 Å². The minimum atomic E-state index is -4.08. The SMILES string of the molecule is CC(C)NC(=O)[C@@H](Cc1ccccc1)N(Cc1ccc(Cl)cc1Cl)C(=O)CN(c1ccccc1F)S(C)(=O)=O. The van der Waals surface area contributed by atoms with Gasteiger partial charge >= 0.3 is 0 Å². The van der Waals surface area contributed by atoms with Crippen LogP contribution in [0.1, 0.15) is 25.0 Å². The number of nitrogens with zero attached hydrogens (tertiary/aromatic N) is 2. The van der Waals surface area contributed by atoms with Gasteiger partial charge in [0.25, 0.3) is 0 Å². The van der Waals surface area contributed by atoms with Crippen molar-refractivity contribution in [1.29, 1.82) is 0 Å². The van der Waals surface area contributed by atoms with E-state index in [1.807, 2.05) is 30.3 Å². The minimum Gasteiger partial charge on any atom is -0.352 e. The molecule has 2 amide bonds. The number of carbonyl (C=O) groups is 2. The Morgan fingerprint density at radius 2 is 1.62 bits per heavy atom. The van der Waals surface area contributed by atoms with Gasteiger partial charge < -0.3 is 10.2 Å². The highest BCUT2D eigenvalue weighted by molar-refractivity contribution is 7.92. The molecule has 0 aliphatic heterocycles. The summed E-state index contributed by atoms with van der Waals surface area (Å²) in [5.74, 6) is -1.94. The summed E-state index contributed by atoms with van der Waals surface area (Å²) in [5.41, 5.74) is 1.01. The van der Waals surface area contributed by atoms with Gasteiger partial charge in [-0.25, -0.2) is 12.8 Å². The van der Waals surface area contributed by atoms with Crippen molar-refractivity contribution in [3.05, 3.63) is 99.8 Å². The second kappa shape index (κ2) is 13.3. The zero-order valence-electron chi connectivity index (χ0n) is 21.8. The summed E-state index contributed by atoms with van der Waals surface area (Å²) in [4.78, 5) is 28.7. The average molecular weight is 595 g/mol. The molecular formula is C28H30Cl2FN3O4S. The van der Waals surface area contributed by atoms with Gasteiger partial charge in [-0.15, -0.1) is 0 Å².